The Bertz CT molecular complexity index is 953. The van der Waals surface area contributed by atoms with E-state index >= 15 is 0 Å². The largest absolute Gasteiger partial charge is 0.337 e. The maximum Gasteiger partial charge on any atom is 0.253 e. The van der Waals surface area contributed by atoms with Crippen molar-refractivity contribution in [3.8, 4) is 0 Å². The molecule has 0 N–H and O–H groups in total. The van der Waals surface area contributed by atoms with E-state index in [1.54, 1.807) is 41.9 Å². The van der Waals surface area contributed by atoms with Crippen LogP contribution in [0.1, 0.15) is 15.9 Å². The number of thioether (sulfide) groups is 1. The summed E-state index contributed by atoms with van der Waals surface area (Å²) in [6, 6.07) is 14.4. The molecule has 1 aliphatic rings. The zero-order chi connectivity index (χ0) is 21.0. The average molecular weight is 434 g/mol. The van der Waals surface area contributed by atoms with Crippen molar-refractivity contribution in [3.63, 3.8) is 0 Å². The van der Waals surface area contributed by atoms with Gasteiger partial charge in [0.1, 0.15) is 0 Å². The number of hydrogen-bond donors (Lipinski definition) is 0. The van der Waals surface area contributed by atoms with Crippen LogP contribution in [0.25, 0.3) is 0 Å². The summed E-state index contributed by atoms with van der Waals surface area (Å²) in [7, 11) is 0.108. The van der Waals surface area contributed by atoms with Crippen molar-refractivity contribution in [3.05, 3.63) is 59.7 Å². The number of piperazine rings is 1. The lowest BCUT2D eigenvalue weighted by Gasteiger charge is -2.31. The molecule has 0 aliphatic carbocycles. The molecule has 29 heavy (non-hydrogen) atoms. The zero-order valence-electron chi connectivity index (χ0n) is 17.0. The number of hydrogen-bond acceptors (Lipinski definition) is 5. The molecule has 2 aromatic carbocycles. The van der Waals surface area contributed by atoms with Gasteiger partial charge in [-0.25, -0.2) is 8.42 Å². The van der Waals surface area contributed by atoms with Gasteiger partial charge in [-0.3, -0.25) is 4.79 Å². The van der Waals surface area contributed by atoms with Gasteiger partial charge in [-0.15, -0.1) is 11.8 Å². The van der Waals surface area contributed by atoms with Gasteiger partial charge in [0.05, 0.1) is 4.90 Å². The molecular formula is C21H27N3O3S2. The fourth-order valence-corrected chi connectivity index (χ4v) is 5.14. The van der Waals surface area contributed by atoms with Crippen LogP contribution in [0, 0.1) is 0 Å². The SMILES string of the molecule is CSc1ccc(CN(C)C(=O)c2cccc(S(=O)(=O)N3CCN(C)CC3)c2)cc1. The number of benzene rings is 2. The molecule has 1 amide bonds. The van der Waals surface area contributed by atoms with Gasteiger partial charge >= 0.3 is 0 Å². The van der Waals surface area contributed by atoms with Gasteiger partial charge in [0, 0.05) is 50.2 Å². The summed E-state index contributed by atoms with van der Waals surface area (Å²) in [5.41, 5.74) is 1.41. The van der Waals surface area contributed by atoms with Crippen LogP contribution in [0.15, 0.2) is 58.3 Å². The molecule has 156 valence electrons. The molecule has 0 spiro atoms. The average Bonchev–Trinajstić information content (AvgIpc) is 2.74. The highest BCUT2D eigenvalue weighted by Gasteiger charge is 2.28. The molecular weight excluding hydrogens is 406 g/mol. The number of rotatable bonds is 6. The Morgan fingerprint density at radius 2 is 1.72 bits per heavy atom. The lowest BCUT2D eigenvalue weighted by atomic mass is 10.1. The van der Waals surface area contributed by atoms with Crippen LogP contribution in [0.4, 0.5) is 0 Å². The second kappa shape index (κ2) is 9.30. The molecule has 1 heterocycles. The van der Waals surface area contributed by atoms with E-state index in [1.165, 1.54) is 15.3 Å². The monoisotopic (exact) mass is 433 g/mol. The van der Waals surface area contributed by atoms with E-state index in [0.717, 1.165) is 5.56 Å². The third-order valence-corrected chi connectivity index (χ3v) is 7.74. The molecule has 6 nitrogen and oxygen atoms in total. The summed E-state index contributed by atoms with van der Waals surface area (Å²) in [6.45, 7) is 2.79. The number of nitrogens with zero attached hydrogens (tertiary/aromatic N) is 3. The zero-order valence-corrected chi connectivity index (χ0v) is 18.7. The molecule has 1 saturated heterocycles. The van der Waals surface area contributed by atoms with Crippen LogP contribution in [0.2, 0.25) is 0 Å². The van der Waals surface area contributed by atoms with Crippen LogP contribution in [0.5, 0.6) is 0 Å². The molecule has 0 bridgehead atoms. The van der Waals surface area contributed by atoms with Gasteiger partial charge in [-0.2, -0.15) is 4.31 Å². The molecule has 1 aliphatic heterocycles. The third kappa shape index (κ3) is 5.19. The summed E-state index contributed by atoms with van der Waals surface area (Å²) < 4.78 is 27.4. The first-order valence-corrected chi connectivity index (χ1v) is 12.1. The van der Waals surface area contributed by atoms with Gasteiger partial charge < -0.3 is 9.80 Å². The van der Waals surface area contributed by atoms with Crippen LogP contribution in [-0.4, -0.2) is 75.0 Å². The van der Waals surface area contributed by atoms with Gasteiger partial charge in [-0.05, 0) is 49.2 Å². The summed E-state index contributed by atoms with van der Waals surface area (Å²) in [6.07, 6.45) is 2.02. The number of carbonyl (C=O) groups is 1. The molecule has 0 radical (unpaired) electrons. The minimum Gasteiger partial charge on any atom is -0.337 e. The predicted molar refractivity (Wildman–Crippen MR) is 117 cm³/mol. The lowest BCUT2D eigenvalue weighted by Crippen LogP contribution is -2.47. The van der Waals surface area contributed by atoms with E-state index in [2.05, 4.69) is 4.90 Å². The Kier molecular flexibility index (Phi) is 7.00. The molecule has 8 heteroatoms. The van der Waals surface area contributed by atoms with Crippen molar-refractivity contribution in [2.45, 2.75) is 16.3 Å². The second-order valence-electron chi connectivity index (χ2n) is 7.24. The Morgan fingerprint density at radius 1 is 1.07 bits per heavy atom. The van der Waals surface area contributed by atoms with E-state index in [-0.39, 0.29) is 10.8 Å². The Hall–Kier alpha value is -1.87. The first-order chi connectivity index (χ1) is 13.8. The van der Waals surface area contributed by atoms with E-state index in [0.29, 0.717) is 38.3 Å². The maximum atomic E-state index is 13.0. The van der Waals surface area contributed by atoms with E-state index in [1.807, 2.05) is 37.6 Å². The van der Waals surface area contributed by atoms with E-state index < -0.39 is 10.0 Å². The molecule has 3 rings (SSSR count). The molecule has 1 fully saturated rings. The molecule has 2 aromatic rings. The second-order valence-corrected chi connectivity index (χ2v) is 10.1. The van der Waals surface area contributed by atoms with Gasteiger partial charge in [0.15, 0.2) is 0 Å². The van der Waals surface area contributed by atoms with Crippen LogP contribution in [-0.2, 0) is 16.6 Å². The standard InChI is InChI=1S/C21H27N3O3S2/c1-22-11-13-24(14-12-22)29(26,27)20-6-4-5-18(15-20)21(25)23(2)16-17-7-9-19(28-3)10-8-17/h4-10,15H,11-14,16H2,1-3H3. The summed E-state index contributed by atoms with van der Waals surface area (Å²) in [5.74, 6) is -0.200. The van der Waals surface area contributed by atoms with Crippen LogP contribution in [0.3, 0.4) is 0 Å². The number of likely N-dealkylation sites (N-methyl/N-ethyl adjacent to an activating group) is 1. The smallest absolute Gasteiger partial charge is 0.253 e. The third-order valence-electron chi connectivity index (χ3n) is 5.11. The van der Waals surface area contributed by atoms with Crippen LogP contribution < -0.4 is 0 Å². The van der Waals surface area contributed by atoms with Gasteiger partial charge in [0.2, 0.25) is 10.0 Å². The fourth-order valence-electron chi connectivity index (χ4n) is 3.26. The van der Waals surface area contributed by atoms with E-state index in [9.17, 15) is 13.2 Å². The molecule has 0 atom stereocenters. The van der Waals surface area contributed by atoms with Crippen molar-refractivity contribution >= 4 is 27.7 Å². The van der Waals surface area contributed by atoms with Crippen molar-refractivity contribution < 1.29 is 13.2 Å². The molecule has 0 unspecified atom stereocenters. The summed E-state index contributed by atoms with van der Waals surface area (Å²) >= 11 is 1.67. The number of amides is 1. The maximum absolute atomic E-state index is 13.0. The van der Waals surface area contributed by atoms with Gasteiger partial charge in [-0.1, -0.05) is 18.2 Å². The highest BCUT2D eigenvalue weighted by molar-refractivity contribution is 7.98. The normalized spacial score (nSPS) is 16.0. The Morgan fingerprint density at radius 3 is 2.34 bits per heavy atom. The minimum atomic E-state index is -3.60. The van der Waals surface area contributed by atoms with Crippen LogP contribution >= 0.6 is 11.8 Å². The van der Waals surface area contributed by atoms with Crippen molar-refractivity contribution in [1.29, 1.82) is 0 Å². The summed E-state index contributed by atoms with van der Waals surface area (Å²) in [5, 5.41) is 0. The topological polar surface area (TPSA) is 60.9 Å². The Labute approximate surface area is 177 Å². The van der Waals surface area contributed by atoms with Gasteiger partial charge in [0.25, 0.3) is 5.91 Å². The highest BCUT2D eigenvalue weighted by atomic mass is 32.2. The first-order valence-electron chi connectivity index (χ1n) is 9.48. The molecule has 0 aromatic heterocycles. The van der Waals surface area contributed by atoms with Crippen molar-refractivity contribution in [1.82, 2.24) is 14.1 Å². The Balaban J connectivity index is 1.74. The predicted octanol–water partition coefficient (Wildman–Crippen LogP) is 2.62. The first kappa shape index (κ1) is 21.8. The molecule has 0 saturated carbocycles. The lowest BCUT2D eigenvalue weighted by molar-refractivity contribution is 0.0785. The van der Waals surface area contributed by atoms with Crippen molar-refractivity contribution in [2.75, 3.05) is 46.5 Å². The quantitative estimate of drug-likeness (QED) is 0.656. The number of sulfonamides is 1. The summed E-state index contributed by atoms with van der Waals surface area (Å²) in [4.78, 5) is 17.9. The van der Waals surface area contributed by atoms with E-state index in [4.69, 9.17) is 0 Å². The highest BCUT2D eigenvalue weighted by Crippen LogP contribution is 2.20. The number of carbonyl (C=O) groups excluding carboxylic acids is 1. The fraction of sp³-hybridized carbons (Fsp3) is 0.381. The van der Waals surface area contributed by atoms with Crippen molar-refractivity contribution in [2.24, 2.45) is 0 Å². The minimum absolute atomic E-state index is 0.172.